The minimum Gasteiger partial charge on any atom is -0.490 e. The van der Waals surface area contributed by atoms with Crippen molar-refractivity contribution in [3.05, 3.63) is 23.8 Å². The molecule has 0 amide bonds. The Labute approximate surface area is 124 Å². The molecule has 2 aliphatic heterocycles. The highest BCUT2D eigenvalue weighted by Gasteiger charge is 2.34. The van der Waals surface area contributed by atoms with Gasteiger partial charge in [-0.25, -0.2) is 0 Å². The summed E-state index contributed by atoms with van der Waals surface area (Å²) < 4.78 is 16.7. The molecule has 0 aliphatic carbocycles. The summed E-state index contributed by atoms with van der Waals surface area (Å²) in [5, 5.41) is 3.32. The van der Waals surface area contributed by atoms with Crippen molar-refractivity contribution in [2.45, 2.75) is 19.4 Å². The monoisotopic (exact) mass is 291 g/mol. The van der Waals surface area contributed by atoms with Gasteiger partial charge in [0.1, 0.15) is 0 Å². The molecule has 5 heteroatoms. The van der Waals surface area contributed by atoms with Gasteiger partial charge in [0.15, 0.2) is 17.3 Å². The first-order chi connectivity index (χ1) is 10.3. The molecule has 0 bridgehead atoms. The normalized spacial score (nSPS) is 24.6. The van der Waals surface area contributed by atoms with Gasteiger partial charge >= 0.3 is 0 Å². The van der Waals surface area contributed by atoms with Crippen molar-refractivity contribution in [3.8, 4) is 11.5 Å². The largest absolute Gasteiger partial charge is 0.490 e. The van der Waals surface area contributed by atoms with Crippen LogP contribution in [0.1, 0.15) is 23.7 Å². The summed E-state index contributed by atoms with van der Waals surface area (Å²) in [5.41, 5.74) is 0.664. The number of ether oxygens (including phenoxy) is 3. The van der Waals surface area contributed by atoms with Crippen LogP contribution in [0.4, 0.5) is 0 Å². The molecular formula is C16H21NO4. The molecule has 2 aliphatic rings. The Balaban J connectivity index is 1.80. The number of fused-ring (bicyclic) bond motifs is 1. The number of benzene rings is 1. The third-order valence-corrected chi connectivity index (χ3v) is 3.92. The molecule has 1 fully saturated rings. The van der Waals surface area contributed by atoms with Crippen molar-refractivity contribution in [2.75, 3.05) is 33.0 Å². The highest BCUT2D eigenvalue weighted by atomic mass is 16.5. The second kappa shape index (κ2) is 6.45. The fourth-order valence-corrected chi connectivity index (χ4v) is 2.81. The first kappa shape index (κ1) is 14.4. The van der Waals surface area contributed by atoms with E-state index in [0.29, 0.717) is 37.7 Å². The minimum atomic E-state index is -0.130. The average molecular weight is 291 g/mol. The summed E-state index contributed by atoms with van der Waals surface area (Å²) in [6.45, 7) is 5.21. The van der Waals surface area contributed by atoms with Crippen molar-refractivity contribution in [3.63, 3.8) is 0 Å². The number of likely N-dealkylation sites (N-methyl/N-ethyl adjacent to an activating group) is 1. The van der Waals surface area contributed by atoms with Crippen molar-refractivity contribution in [1.29, 1.82) is 0 Å². The lowest BCUT2D eigenvalue weighted by Gasteiger charge is -2.17. The van der Waals surface area contributed by atoms with Gasteiger partial charge in [0.25, 0.3) is 0 Å². The Morgan fingerprint density at radius 1 is 1.24 bits per heavy atom. The number of rotatable bonds is 4. The van der Waals surface area contributed by atoms with Gasteiger partial charge in [-0.05, 0) is 24.7 Å². The number of ketones is 1. The Morgan fingerprint density at radius 2 is 2.05 bits per heavy atom. The van der Waals surface area contributed by atoms with E-state index in [-0.39, 0.29) is 17.7 Å². The third-order valence-electron chi connectivity index (χ3n) is 3.92. The Bertz CT molecular complexity index is 517. The van der Waals surface area contributed by atoms with E-state index < -0.39 is 0 Å². The van der Waals surface area contributed by atoms with Gasteiger partial charge in [-0.3, -0.25) is 4.79 Å². The summed E-state index contributed by atoms with van der Waals surface area (Å²) in [6, 6.07) is 5.53. The Hall–Kier alpha value is -1.59. The average Bonchev–Trinajstić information content (AvgIpc) is 2.82. The van der Waals surface area contributed by atoms with Crippen LogP contribution in [0.3, 0.4) is 0 Å². The smallest absolute Gasteiger partial charge is 0.170 e. The van der Waals surface area contributed by atoms with Crippen molar-refractivity contribution in [1.82, 2.24) is 5.32 Å². The van der Waals surface area contributed by atoms with E-state index in [1.807, 2.05) is 19.1 Å². The fraction of sp³-hybridized carbons (Fsp3) is 0.562. The standard InChI is InChI=1S/C16H21NO4/c1-2-17-13-10-19-9-12(13)16(18)11-4-5-14-15(8-11)21-7-3-6-20-14/h4-5,8,12-13,17H,2-3,6-7,9-10H2,1H3. The van der Waals surface area contributed by atoms with Crippen molar-refractivity contribution in [2.24, 2.45) is 5.92 Å². The van der Waals surface area contributed by atoms with Crippen LogP contribution < -0.4 is 14.8 Å². The van der Waals surface area contributed by atoms with Gasteiger partial charge in [-0.2, -0.15) is 0 Å². The molecule has 21 heavy (non-hydrogen) atoms. The van der Waals surface area contributed by atoms with Crippen LogP contribution >= 0.6 is 0 Å². The predicted molar refractivity (Wildman–Crippen MR) is 78.2 cm³/mol. The van der Waals surface area contributed by atoms with E-state index in [0.717, 1.165) is 18.7 Å². The maximum Gasteiger partial charge on any atom is 0.170 e. The van der Waals surface area contributed by atoms with Crippen LogP contribution in [0.2, 0.25) is 0 Å². The lowest BCUT2D eigenvalue weighted by Crippen LogP contribution is -2.39. The quantitative estimate of drug-likeness (QED) is 0.855. The first-order valence-electron chi connectivity index (χ1n) is 7.54. The van der Waals surface area contributed by atoms with E-state index in [2.05, 4.69) is 5.32 Å². The molecule has 3 rings (SSSR count). The maximum atomic E-state index is 12.7. The maximum absolute atomic E-state index is 12.7. The number of carbonyl (C=O) groups excluding carboxylic acids is 1. The fourth-order valence-electron chi connectivity index (χ4n) is 2.81. The van der Waals surface area contributed by atoms with Gasteiger partial charge in [0.05, 0.1) is 32.3 Å². The molecule has 2 atom stereocenters. The summed E-state index contributed by atoms with van der Waals surface area (Å²) in [4.78, 5) is 12.7. The van der Waals surface area contributed by atoms with Gasteiger partial charge in [0, 0.05) is 18.0 Å². The van der Waals surface area contributed by atoms with Crippen molar-refractivity contribution < 1.29 is 19.0 Å². The van der Waals surface area contributed by atoms with Crippen LogP contribution in [0, 0.1) is 5.92 Å². The van der Waals surface area contributed by atoms with Crippen LogP contribution in [0.15, 0.2) is 18.2 Å². The second-order valence-electron chi connectivity index (χ2n) is 5.38. The van der Waals surface area contributed by atoms with Crippen LogP contribution in [-0.4, -0.2) is 44.8 Å². The summed E-state index contributed by atoms with van der Waals surface area (Å²) in [7, 11) is 0. The molecular weight excluding hydrogens is 270 g/mol. The molecule has 0 aromatic heterocycles. The van der Waals surface area contributed by atoms with Crippen molar-refractivity contribution >= 4 is 5.78 Å². The lowest BCUT2D eigenvalue weighted by atomic mass is 9.93. The van der Waals surface area contributed by atoms with E-state index in [9.17, 15) is 4.79 Å². The van der Waals surface area contributed by atoms with Crippen LogP contribution in [-0.2, 0) is 4.74 Å². The van der Waals surface area contributed by atoms with E-state index in [1.54, 1.807) is 6.07 Å². The molecule has 114 valence electrons. The molecule has 2 heterocycles. The molecule has 1 N–H and O–H groups in total. The molecule has 1 aromatic rings. The molecule has 0 saturated carbocycles. The number of hydrogen-bond donors (Lipinski definition) is 1. The summed E-state index contributed by atoms with van der Waals surface area (Å²) in [6.07, 6.45) is 0.858. The van der Waals surface area contributed by atoms with Gasteiger partial charge in [-0.1, -0.05) is 6.92 Å². The number of hydrogen-bond acceptors (Lipinski definition) is 5. The highest BCUT2D eigenvalue weighted by molar-refractivity contribution is 5.99. The highest BCUT2D eigenvalue weighted by Crippen LogP contribution is 2.32. The zero-order valence-electron chi connectivity index (χ0n) is 12.3. The Kier molecular flexibility index (Phi) is 4.41. The molecule has 0 spiro atoms. The minimum absolute atomic E-state index is 0.0958. The predicted octanol–water partition coefficient (Wildman–Crippen LogP) is 1.66. The van der Waals surface area contributed by atoms with E-state index >= 15 is 0 Å². The molecule has 1 saturated heterocycles. The second-order valence-corrected chi connectivity index (χ2v) is 5.38. The number of carbonyl (C=O) groups is 1. The number of nitrogens with one attached hydrogen (secondary N) is 1. The Morgan fingerprint density at radius 3 is 2.86 bits per heavy atom. The molecule has 0 radical (unpaired) electrons. The SMILES string of the molecule is CCNC1COCC1C(=O)c1ccc2c(c1)OCCCO2. The summed E-state index contributed by atoms with van der Waals surface area (Å²) >= 11 is 0. The topological polar surface area (TPSA) is 56.8 Å². The first-order valence-corrected chi connectivity index (χ1v) is 7.54. The van der Waals surface area contributed by atoms with Crippen LogP contribution in [0.5, 0.6) is 11.5 Å². The van der Waals surface area contributed by atoms with Gasteiger partial charge < -0.3 is 19.5 Å². The van der Waals surface area contributed by atoms with E-state index in [4.69, 9.17) is 14.2 Å². The van der Waals surface area contributed by atoms with Gasteiger partial charge in [-0.15, -0.1) is 0 Å². The molecule has 1 aromatic carbocycles. The van der Waals surface area contributed by atoms with E-state index in [1.165, 1.54) is 0 Å². The lowest BCUT2D eigenvalue weighted by molar-refractivity contribution is 0.0891. The molecule has 5 nitrogen and oxygen atoms in total. The summed E-state index contributed by atoms with van der Waals surface area (Å²) in [5.74, 6) is 1.36. The van der Waals surface area contributed by atoms with Crippen LogP contribution in [0.25, 0.3) is 0 Å². The third kappa shape index (κ3) is 3.04. The zero-order chi connectivity index (χ0) is 14.7. The number of Topliss-reactive ketones (excluding diaryl/α,β-unsaturated/α-hetero) is 1. The van der Waals surface area contributed by atoms with Gasteiger partial charge in [0.2, 0.25) is 0 Å². The zero-order valence-corrected chi connectivity index (χ0v) is 12.3. The molecule has 2 unspecified atom stereocenters.